The zero-order valence-corrected chi connectivity index (χ0v) is 9.52. The van der Waals surface area contributed by atoms with Crippen LogP contribution in [0.2, 0.25) is 0 Å². The predicted octanol–water partition coefficient (Wildman–Crippen LogP) is 1.60. The van der Waals surface area contributed by atoms with Crippen molar-refractivity contribution in [2.24, 2.45) is 0 Å². The molecule has 1 aromatic heterocycles. The van der Waals surface area contributed by atoms with Crippen molar-refractivity contribution in [2.45, 2.75) is 13.8 Å². The van der Waals surface area contributed by atoms with Crippen molar-refractivity contribution in [2.75, 3.05) is 11.5 Å². The number of pyridine rings is 1. The lowest BCUT2D eigenvalue weighted by Crippen LogP contribution is -1.96. The minimum atomic E-state index is 0.0643. The molecule has 0 bridgehead atoms. The Balaban J connectivity index is 2.72. The maximum atomic E-state index is 10.6. The number of aryl methyl sites for hydroxylation is 1. The van der Waals surface area contributed by atoms with Gasteiger partial charge in [-0.15, -0.1) is 0 Å². The van der Waals surface area contributed by atoms with E-state index < -0.39 is 0 Å². The molecule has 2 N–H and O–H groups in total. The van der Waals surface area contributed by atoms with Crippen molar-refractivity contribution in [1.29, 1.82) is 0 Å². The third-order valence-electron chi connectivity index (χ3n) is 1.76. The minimum Gasteiger partial charge on any atom is -0.396 e. The van der Waals surface area contributed by atoms with Crippen LogP contribution in [0.3, 0.4) is 0 Å². The maximum absolute atomic E-state index is 10.6. The fourth-order valence-electron chi connectivity index (χ4n) is 0.927. The molecule has 0 saturated carbocycles. The van der Waals surface area contributed by atoms with E-state index in [0.717, 1.165) is 5.56 Å². The number of hydrogen-bond donors (Lipinski definition) is 1. The van der Waals surface area contributed by atoms with Crippen molar-refractivity contribution in [3.63, 3.8) is 0 Å². The van der Waals surface area contributed by atoms with Crippen molar-refractivity contribution in [3.8, 4) is 11.8 Å². The lowest BCUT2D eigenvalue weighted by Gasteiger charge is -1.99. The van der Waals surface area contributed by atoms with Gasteiger partial charge in [0, 0.05) is 13.1 Å². The average Bonchev–Trinajstić information content (AvgIpc) is 2.18. The Bertz CT molecular complexity index is 432. The summed E-state index contributed by atoms with van der Waals surface area (Å²) in [6.07, 6.45) is 1.67. The summed E-state index contributed by atoms with van der Waals surface area (Å²) in [6, 6.07) is 1.84. The second-order valence-corrected chi connectivity index (χ2v) is 4.12. The zero-order valence-electron chi connectivity index (χ0n) is 8.70. The summed E-state index contributed by atoms with van der Waals surface area (Å²) >= 11 is 1.18. The van der Waals surface area contributed by atoms with Crippen LogP contribution < -0.4 is 5.73 Å². The van der Waals surface area contributed by atoms with Gasteiger partial charge in [0.1, 0.15) is 5.69 Å². The van der Waals surface area contributed by atoms with Gasteiger partial charge in [0.05, 0.1) is 11.4 Å². The summed E-state index contributed by atoms with van der Waals surface area (Å²) in [5.41, 5.74) is 7.94. The van der Waals surface area contributed by atoms with Crippen molar-refractivity contribution < 1.29 is 4.79 Å². The quantitative estimate of drug-likeness (QED) is 0.730. The second-order valence-electron chi connectivity index (χ2n) is 2.97. The first-order valence-corrected chi connectivity index (χ1v) is 5.43. The van der Waals surface area contributed by atoms with Gasteiger partial charge in [-0.1, -0.05) is 17.7 Å². The molecule has 0 aromatic carbocycles. The smallest absolute Gasteiger partial charge is 0.186 e. The Hall–Kier alpha value is -1.47. The molecular weight excluding hydrogens is 208 g/mol. The van der Waals surface area contributed by atoms with Crippen LogP contribution in [0.5, 0.6) is 0 Å². The Morgan fingerprint density at radius 1 is 1.67 bits per heavy atom. The molecule has 4 heteroatoms. The number of hydrogen-bond acceptors (Lipinski definition) is 4. The van der Waals surface area contributed by atoms with Gasteiger partial charge < -0.3 is 5.73 Å². The molecule has 0 fully saturated rings. The maximum Gasteiger partial charge on any atom is 0.186 e. The monoisotopic (exact) mass is 220 g/mol. The summed E-state index contributed by atoms with van der Waals surface area (Å²) < 4.78 is 0. The second kappa shape index (κ2) is 5.42. The first kappa shape index (κ1) is 11.6. The average molecular weight is 220 g/mol. The number of nitrogens with two attached hydrogens (primary N) is 1. The standard InChI is InChI=1S/C11H12N2OS/c1-8-5-6-13-10(11(8)12)4-3-7-15-9(2)14/h5-6H,7,12H2,1-2H3. The van der Waals surface area contributed by atoms with Gasteiger partial charge in [0.25, 0.3) is 0 Å². The summed E-state index contributed by atoms with van der Waals surface area (Å²) in [7, 11) is 0. The largest absolute Gasteiger partial charge is 0.396 e. The van der Waals surface area contributed by atoms with Crippen LogP contribution in [0.1, 0.15) is 18.2 Å². The molecule has 0 aliphatic rings. The third kappa shape index (κ3) is 3.64. The Morgan fingerprint density at radius 2 is 2.40 bits per heavy atom. The van der Waals surface area contributed by atoms with E-state index in [1.165, 1.54) is 18.7 Å². The van der Waals surface area contributed by atoms with Crippen LogP contribution in [-0.4, -0.2) is 15.9 Å². The van der Waals surface area contributed by atoms with Gasteiger partial charge in [-0.05, 0) is 24.5 Å². The molecule has 1 heterocycles. The molecule has 78 valence electrons. The van der Waals surface area contributed by atoms with E-state index in [1.54, 1.807) is 6.20 Å². The van der Waals surface area contributed by atoms with Crippen LogP contribution in [0.15, 0.2) is 12.3 Å². The van der Waals surface area contributed by atoms with Gasteiger partial charge in [0.2, 0.25) is 0 Å². The van der Waals surface area contributed by atoms with E-state index in [9.17, 15) is 4.79 Å². The van der Waals surface area contributed by atoms with Gasteiger partial charge >= 0.3 is 0 Å². The fraction of sp³-hybridized carbons (Fsp3) is 0.273. The van der Waals surface area contributed by atoms with E-state index in [0.29, 0.717) is 17.1 Å². The first-order chi connectivity index (χ1) is 7.11. The normalized spacial score (nSPS) is 9.20. The lowest BCUT2D eigenvalue weighted by molar-refractivity contribution is -0.109. The highest BCUT2D eigenvalue weighted by atomic mass is 32.2. The number of nitrogens with zero attached hydrogens (tertiary/aromatic N) is 1. The number of aromatic nitrogens is 1. The van der Waals surface area contributed by atoms with Gasteiger partial charge in [-0.25, -0.2) is 4.98 Å². The van der Waals surface area contributed by atoms with Crippen molar-refractivity contribution in [3.05, 3.63) is 23.5 Å². The molecule has 0 aliphatic carbocycles. The minimum absolute atomic E-state index is 0.0643. The third-order valence-corrected chi connectivity index (χ3v) is 2.46. The van der Waals surface area contributed by atoms with Crippen LogP contribution in [-0.2, 0) is 4.79 Å². The Kier molecular flexibility index (Phi) is 4.19. The molecule has 0 unspecified atom stereocenters. The highest BCUT2D eigenvalue weighted by Gasteiger charge is 1.98. The number of rotatable bonds is 1. The summed E-state index contributed by atoms with van der Waals surface area (Å²) in [4.78, 5) is 14.7. The van der Waals surface area contributed by atoms with Gasteiger partial charge in [0.15, 0.2) is 5.12 Å². The SMILES string of the molecule is CC(=O)SCC#Cc1nccc(C)c1N. The molecule has 0 spiro atoms. The summed E-state index contributed by atoms with van der Waals surface area (Å²) in [5, 5.41) is 0.0643. The van der Waals surface area contributed by atoms with Crippen LogP contribution in [0.25, 0.3) is 0 Å². The van der Waals surface area contributed by atoms with Gasteiger partial charge in [-0.3, -0.25) is 4.79 Å². The van der Waals surface area contributed by atoms with E-state index in [-0.39, 0.29) is 5.12 Å². The van der Waals surface area contributed by atoms with E-state index in [4.69, 9.17) is 5.73 Å². The Morgan fingerprint density at radius 3 is 3.07 bits per heavy atom. The molecule has 0 radical (unpaired) electrons. The summed E-state index contributed by atoms with van der Waals surface area (Å²) in [6.45, 7) is 3.43. The zero-order chi connectivity index (χ0) is 11.3. The number of carbonyl (C=O) groups excluding carboxylic acids is 1. The Labute approximate surface area is 93.5 Å². The number of carbonyl (C=O) groups is 1. The topological polar surface area (TPSA) is 56.0 Å². The summed E-state index contributed by atoms with van der Waals surface area (Å²) in [5.74, 6) is 6.18. The lowest BCUT2D eigenvalue weighted by atomic mass is 10.2. The molecule has 0 atom stereocenters. The predicted molar refractivity (Wildman–Crippen MR) is 63.4 cm³/mol. The molecule has 1 rings (SSSR count). The fourth-order valence-corrected chi connectivity index (χ4v) is 1.27. The molecule has 3 nitrogen and oxygen atoms in total. The van der Waals surface area contributed by atoms with Gasteiger partial charge in [-0.2, -0.15) is 0 Å². The molecule has 15 heavy (non-hydrogen) atoms. The molecule has 1 aromatic rings. The van der Waals surface area contributed by atoms with Crippen LogP contribution in [0.4, 0.5) is 5.69 Å². The van der Waals surface area contributed by atoms with E-state index in [1.807, 2.05) is 13.0 Å². The molecule has 0 amide bonds. The number of nitrogen functional groups attached to an aromatic ring is 1. The van der Waals surface area contributed by atoms with Crippen molar-refractivity contribution >= 4 is 22.6 Å². The van der Waals surface area contributed by atoms with Crippen LogP contribution >= 0.6 is 11.8 Å². The van der Waals surface area contributed by atoms with Crippen molar-refractivity contribution in [1.82, 2.24) is 4.98 Å². The van der Waals surface area contributed by atoms with Crippen LogP contribution in [0, 0.1) is 18.8 Å². The highest BCUT2D eigenvalue weighted by molar-refractivity contribution is 8.13. The van der Waals surface area contributed by atoms with E-state index >= 15 is 0 Å². The number of anilines is 1. The molecule has 0 saturated heterocycles. The van der Waals surface area contributed by atoms with E-state index in [2.05, 4.69) is 16.8 Å². The first-order valence-electron chi connectivity index (χ1n) is 4.44. The number of thioether (sulfide) groups is 1. The molecular formula is C11H12N2OS. The highest BCUT2D eigenvalue weighted by Crippen LogP contribution is 2.12. The molecule has 0 aliphatic heterocycles.